The predicted molar refractivity (Wildman–Crippen MR) is 197 cm³/mol. The standard InChI is InChI=1S/C45H42N2/c1-2-30-28-34(29-33-16-6-7-17-36(30)33)44-39-20-10-8-18-37(39)43(38-19-9-11-21-40(38)44)31-24-26-35(27-25-31)47-42-23-13-12-22-41(42)46-45(47)32-14-4-3-5-15-32/h3-8,10,13-18,20-21,23-29,33,36,38,41-42H,2,9,11-12,19,22H2,1H3. The number of aliphatic imine (C=N–C) groups is 1. The second-order valence-corrected chi connectivity index (χ2v) is 13.8. The first-order chi connectivity index (χ1) is 23.3. The highest BCUT2D eigenvalue weighted by molar-refractivity contribution is 6.12. The highest BCUT2D eigenvalue weighted by Gasteiger charge is 2.38. The summed E-state index contributed by atoms with van der Waals surface area (Å²) in [7, 11) is 0. The van der Waals surface area contributed by atoms with Crippen LogP contribution in [0.3, 0.4) is 0 Å². The molecule has 0 saturated carbocycles. The normalized spacial score (nSPS) is 27.3. The molecule has 5 aliphatic carbocycles. The van der Waals surface area contributed by atoms with E-state index >= 15 is 0 Å². The van der Waals surface area contributed by atoms with Gasteiger partial charge in [0.1, 0.15) is 5.84 Å². The third-order valence-electron chi connectivity index (χ3n) is 11.2. The highest BCUT2D eigenvalue weighted by atomic mass is 15.3. The van der Waals surface area contributed by atoms with Gasteiger partial charge in [-0.2, -0.15) is 0 Å². The Labute approximate surface area is 279 Å². The average Bonchev–Trinajstić information content (AvgIpc) is 3.53. The molecule has 2 nitrogen and oxygen atoms in total. The number of hydrogen-bond donors (Lipinski definition) is 0. The Kier molecular flexibility index (Phi) is 7.18. The van der Waals surface area contributed by atoms with Crippen LogP contribution in [-0.4, -0.2) is 17.9 Å². The Morgan fingerprint density at radius 3 is 2.45 bits per heavy atom. The van der Waals surface area contributed by atoms with Gasteiger partial charge in [0.15, 0.2) is 0 Å². The van der Waals surface area contributed by atoms with Crippen molar-refractivity contribution in [2.75, 3.05) is 4.90 Å². The molecule has 47 heavy (non-hydrogen) atoms. The zero-order valence-corrected chi connectivity index (χ0v) is 27.2. The molecule has 5 atom stereocenters. The smallest absolute Gasteiger partial charge is 0.136 e. The second kappa shape index (κ2) is 11.8. The fourth-order valence-electron chi connectivity index (χ4n) is 9.07. The van der Waals surface area contributed by atoms with Crippen molar-refractivity contribution in [1.82, 2.24) is 0 Å². The van der Waals surface area contributed by atoms with Crippen molar-refractivity contribution < 1.29 is 0 Å². The van der Waals surface area contributed by atoms with Crippen LogP contribution < -0.4 is 15.3 Å². The Morgan fingerprint density at radius 1 is 0.787 bits per heavy atom. The first-order valence-electron chi connectivity index (χ1n) is 17.8. The van der Waals surface area contributed by atoms with Crippen molar-refractivity contribution in [1.29, 1.82) is 0 Å². The van der Waals surface area contributed by atoms with Crippen LogP contribution in [0.5, 0.6) is 0 Å². The molecule has 1 heterocycles. The number of anilines is 1. The minimum atomic E-state index is 0.275. The molecule has 0 radical (unpaired) electrons. The van der Waals surface area contributed by atoms with Crippen molar-refractivity contribution in [2.45, 2.75) is 57.5 Å². The second-order valence-electron chi connectivity index (χ2n) is 13.8. The van der Waals surface area contributed by atoms with E-state index in [-0.39, 0.29) is 6.04 Å². The lowest BCUT2D eigenvalue weighted by atomic mass is 9.68. The van der Waals surface area contributed by atoms with Crippen LogP contribution in [0.4, 0.5) is 5.69 Å². The third-order valence-corrected chi connectivity index (χ3v) is 11.2. The summed E-state index contributed by atoms with van der Waals surface area (Å²) in [5.74, 6) is 2.42. The van der Waals surface area contributed by atoms with E-state index in [1.54, 1.807) is 5.57 Å². The Balaban J connectivity index is 1.18. The Bertz CT molecular complexity index is 2060. The quantitative estimate of drug-likeness (QED) is 0.264. The number of hydrogen-bond acceptors (Lipinski definition) is 2. The summed E-state index contributed by atoms with van der Waals surface area (Å²) in [4.78, 5) is 7.76. The van der Waals surface area contributed by atoms with Crippen molar-refractivity contribution in [3.8, 4) is 0 Å². The largest absolute Gasteiger partial charge is 0.317 e. The number of benzene rings is 3. The van der Waals surface area contributed by atoms with E-state index < -0.39 is 0 Å². The van der Waals surface area contributed by atoms with Crippen molar-refractivity contribution in [3.63, 3.8) is 0 Å². The zero-order chi connectivity index (χ0) is 31.3. The predicted octanol–water partition coefficient (Wildman–Crippen LogP) is 8.77. The van der Waals surface area contributed by atoms with Gasteiger partial charge < -0.3 is 4.90 Å². The van der Waals surface area contributed by atoms with E-state index in [0.29, 0.717) is 23.8 Å². The summed E-state index contributed by atoms with van der Waals surface area (Å²) in [5.41, 5.74) is 11.2. The minimum absolute atomic E-state index is 0.275. The van der Waals surface area contributed by atoms with E-state index in [1.165, 1.54) is 62.4 Å². The first-order valence-corrected chi connectivity index (χ1v) is 17.8. The molecule has 9 rings (SSSR count). The fourth-order valence-corrected chi connectivity index (χ4v) is 9.07. The number of fused-ring (bicyclic) bond motifs is 4. The number of allylic oxidation sites excluding steroid dienone is 11. The highest BCUT2D eigenvalue weighted by Crippen LogP contribution is 2.46. The van der Waals surface area contributed by atoms with Gasteiger partial charge in [0, 0.05) is 29.0 Å². The molecule has 5 unspecified atom stereocenters. The molecule has 232 valence electrons. The minimum Gasteiger partial charge on any atom is -0.317 e. The van der Waals surface area contributed by atoms with Gasteiger partial charge >= 0.3 is 0 Å². The SMILES string of the molecule is CCC1=CC(C2=c3ccccc3=C(c3ccc(N4C(c5ccccc5)=NC5CCC=CC54)cc3)C3CCCC=C23)=CC2C=CC=CC12. The van der Waals surface area contributed by atoms with Crippen molar-refractivity contribution >= 4 is 22.7 Å². The first kappa shape index (κ1) is 28.5. The van der Waals surface area contributed by atoms with Gasteiger partial charge in [0.25, 0.3) is 0 Å². The number of rotatable bonds is 5. The van der Waals surface area contributed by atoms with Crippen LogP contribution in [0.15, 0.2) is 155 Å². The summed E-state index contributed by atoms with van der Waals surface area (Å²) in [6.07, 6.45) is 28.5. The molecule has 0 spiro atoms. The van der Waals surface area contributed by atoms with Crippen LogP contribution >= 0.6 is 0 Å². The lowest BCUT2D eigenvalue weighted by Crippen LogP contribution is -2.40. The lowest BCUT2D eigenvalue weighted by Gasteiger charge is -2.36. The molecule has 3 aromatic rings. The number of amidine groups is 1. The lowest BCUT2D eigenvalue weighted by molar-refractivity contribution is 0.570. The van der Waals surface area contributed by atoms with Gasteiger partial charge in [-0.15, -0.1) is 0 Å². The molecule has 0 amide bonds. The number of nitrogens with zero attached hydrogens (tertiary/aromatic N) is 2. The van der Waals surface area contributed by atoms with E-state index in [9.17, 15) is 0 Å². The summed E-state index contributed by atoms with van der Waals surface area (Å²) >= 11 is 0. The molecule has 0 bridgehead atoms. The van der Waals surface area contributed by atoms with Crippen LogP contribution in [0.2, 0.25) is 0 Å². The van der Waals surface area contributed by atoms with Crippen molar-refractivity contribution in [2.24, 2.45) is 22.7 Å². The fraction of sp³-hybridized carbons (Fsp3) is 0.267. The molecule has 0 fully saturated rings. The summed E-state index contributed by atoms with van der Waals surface area (Å²) < 4.78 is 0. The topological polar surface area (TPSA) is 15.6 Å². The van der Waals surface area contributed by atoms with Gasteiger partial charge in [-0.1, -0.05) is 134 Å². The molecular weight excluding hydrogens is 569 g/mol. The third kappa shape index (κ3) is 4.80. The van der Waals surface area contributed by atoms with Gasteiger partial charge in [0.05, 0.1) is 12.1 Å². The molecule has 0 saturated heterocycles. The molecule has 0 aromatic heterocycles. The molecule has 1 aliphatic heterocycles. The molecular formula is C45H42N2. The summed E-state index contributed by atoms with van der Waals surface area (Å²) in [6, 6.07) is 30.0. The van der Waals surface area contributed by atoms with Crippen LogP contribution in [0.25, 0.3) is 11.1 Å². The summed E-state index contributed by atoms with van der Waals surface area (Å²) in [6.45, 7) is 2.32. The van der Waals surface area contributed by atoms with Crippen molar-refractivity contribution in [3.05, 3.63) is 172 Å². The Hall–Kier alpha value is -4.69. The van der Waals surface area contributed by atoms with Crippen LogP contribution in [-0.2, 0) is 0 Å². The maximum Gasteiger partial charge on any atom is 0.136 e. The van der Waals surface area contributed by atoms with Crippen LogP contribution in [0, 0.1) is 17.8 Å². The maximum absolute atomic E-state index is 5.28. The van der Waals surface area contributed by atoms with Gasteiger partial charge in [-0.25, -0.2) is 0 Å². The zero-order valence-electron chi connectivity index (χ0n) is 27.2. The van der Waals surface area contributed by atoms with Gasteiger partial charge in [-0.3, -0.25) is 4.99 Å². The van der Waals surface area contributed by atoms with E-state index in [4.69, 9.17) is 4.99 Å². The average molecular weight is 611 g/mol. The Morgan fingerprint density at radius 2 is 1.60 bits per heavy atom. The molecule has 3 aromatic carbocycles. The maximum atomic E-state index is 5.28. The van der Waals surface area contributed by atoms with E-state index in [2.05, 4.69) is 145 Å². The molecule has 0 N–H and O–H groups in total. The molecule has 6 aliphatic rings. The molecule has 2 heteroatoms. The van der Waals surface area contributed by atoms with E-state index in [1.807, 2.05) is 0 Å². The van der Waals surface area contributed by atoms with Gasteiger partial charge in [0.2, 0.25) is 0 Å². The summed E-state index contributed by atoms with van der Waals surface area (Å²) in [5, 5.41) is 2.78. The van der Waals surface area contributed by atoms with Crippen LogP contribution in [0.1, 0.15) is 56.6 Å². The van der Waals surface area contributed by atoms with E-state index in [0.717, 1.165) is 31.5 Å². The van der Waals surface area contributed by atoms with Gasteiger partial charge in [-0.05, 0) is 89.0 Å². The monoisotopic (exact) mass is 610 g/mol.